The van der Waals surface area contributed by atoms with E-state index in [1.807, 2.05) is 13.0 Å². The molecule has 0 bridgehead atoms. The zero-order valence-corrected chi connectivity index (χ0v) is 12.2. The monoisotopic (exact) mass is 288 g/mol. The number of hydrogen-bond acceptors (Lipinski definition) is 5. The summed E-state index contributed by atoms with van der Waals surface area (Å²) in [6.07, 6.45) is 0.849. The highest BCUT2D eigenvalue weighted by atomic mass is 16.6. The molecule has 0 N–H and O–H groups in total. The molecule has 1 heterocycles. The van der Waals surface area contributed by atoms with Crippen LogP contribution in [0.2, 0.25) is 0 Å². The van der Waals surface area contributed by atoms with Crippen LogP contribution < -0.4 is 0 Å². The van der Waals surface area contributed by atoms with E-state index in [0.29, 0.717) is 0 Å². The van der Waals surface area contributed by atoms with Gasteiger partial charge >= 0.3 is 0 Å². The molecule has 1 aromatic rings. The smallest absolute Gasteiger partial charge is 0.269 e. The summed E-state index contributed by atoms with van der Waals surface area (Å²) in [4.78, 5) is 14.9. The molecule has 1 atom stereocenters. The fourth-order valence-electron chi connectivity index (χ4n) is 2.69. The van der Waals surface area contributed by atoms with Gasteiger partial charge in [-0.1, -0.05) is 19.1 Å². The summed E-state index contributed by atoms with van der Waals surface area (Å²) in [5.41, 5.74) is 1.10. The fraction of sp³-hybridized carbons (Fsp3) is 0.533. The number of non-ortho nitro benzene ring substituents is 1. The standard InChI is InChI=1S/C15H20N4O2/c1-2-14(11-16)18-8-6-17(7-9-18)12-13-4-3-5-15(10-13)19(20)21/h3-5,10,14H,2,6-9,12H2,1H3. The van der Waals surface area contributed by atoms with Gasteiger partial charge in [-0.15, -0.1) is 0 Å². The Morgan fingerprint density at radius 2 is 2.10 bits per heavy atom. The van der Waals surface area contributed by atoms with E-state index in [0.717, 1.165) is 44.7 Å². The topological polar surface area (TPSA) is 73.4 Å². The highest BCUT2D eigenvalue weighted by Gasteiger charge is 2.22. The third-order valence-electron chi connectivity index (χ3n) is 3.91. The van der Waals surface area contributed by atoms with Crippen LogP contribution in [0.5, 0.6) is 0 Å². The zero-order chi connectivity index (χ0) is 15.2. The van der Waals surface area contributed by atoms with E-state index in [4.69, 9.17) is 5.26 Å². The molecule has 1 saturated heterocycles. The molecule has 2 rings (SSSR count). The van der Waals surface area contributed by atoms with Crippen molar-refractivity contribution in [2.45, 2.75) is 25.9 Å². The van der Waals surface area contributed by atoms with Crippen LogP contribution in [-0.2, 0) is 6.54 Å². The second kappa shape index (κ2) is 7.16. The van der Waals surface area contributed by atoms with Gasteiger partial charge in [0.15, 0.2) is 0 Å². The predicted octanol–water partition coefficient (Wildman–Crippen LogP) is 2.01. The lowest BCUT2D eigenvalue weighted by atomic mass is 10.1. The highest BCUT2D eigenvalue weighted by molar-refractivity contribution is 5.34. The van der Waals surface area contributed by atoms with Gasteiger partial charge in [-0.25, -0.2) is 0 Å². The Labute approximate surface area is 124 Å². The molecule has 21 heavy (non-hydrogen) atoms. The third kappa shape index (κ3) is 4.00. The van der Waals surface area contributed by atoms with E-state index in [1.165, 1.54) is 6.07 Å². The molecule has 0 aromatic heterocycles. The van der Waals surface area contributed by atoms with Crippen LogP contribution in [0.15, 0.2) is 24.3 Å². The van der Waals surface area contributed by atoms with E-state index in [-0.39, 0.29) is 16.7 Å². The number of benzene rings is 1. The minimum atomic E-state index is -0.361. The number of nitriles is 1. The van der Waals surface area contributed by atoms with Crippen LogP contribution in [0.3, 0.4) is 0 Å². The van der Waals surface area contributed by atoms with Crippen molar-refractivity contribution in [1.82, 2.24) is 9.80 Å². The van der Waals surface area contributed by atoms with Gasteiger partial charge in [0.2, 0.25) is 0 Å². The van der Waals surface area contributed by atoms with Gasteiger partial charge < -0.3 is 0 Å². The molecule has 1 fully saturated rings. The number of nitrogens with zero attached hydrogens (tertiary/aromatic N) is 4. The Bertz CT molecular complexity index is 533. The summed E-state index contributed by atoms with van der Waals surface area (Å²) < 4.78 is 0. The van der Waals surface area contributed by atoms with Gasteiger partial charge in [-0.05, 0) is 12.0 Å². The van der Waals surface area contributed by atoms with Gasteiger partial charge in [-0.3, -0.25) is 19.9 Å². The summed E-state index contributed by atoms with van der Waals surface area (Å²) >= 11 is 0. The molecule has 1 aromatic carbocycles. The summed E-state index contributed by atoms with van der Waals surface area (Å²) in [7, 11) is 0. The van der Waals surface area contributed by atoms with Crippen LogP contribution in [0.25, 0.3) is 0 Å². The summed E-state index contributed by atoms with van der Waals surface area (Å²) in [6, 6.07) is 9.14. The average Bonchev–Trinajstić information content (AvgIpc) is 2.50. The van der Waals surface area contributed by atoms with E-state index in [2.05, 4.69) is 15.9 Å². The van der Waals surface area contributed by atoms with Crippen LogP contribution in [0.4, 0.5) is 5.69 Å². The minimum Gasteiger partial charge on any atom is -0.297 e. The maximum atomic E-state index is 10.8. The van der Waals surface area contributed by atoms with E-state index in [9.17, 15) is 10.1 Å². The van der Waals surface area contributed by atoms with Crippen molar-refractivity contribution in [1.29, 1.82) is 5.26 Å². The number of hydrogen-bond donors (Lipinski definition) is 0. The van der Waals surface area contributed by atoms with Gasteiger partial charge in [0, 0.05) is 44.9 Å². The van der Waals surface area contributed by atoms with Crippen molar-refractivity contribution in [3.05, 3.63) is 39.9 Å². The summed E-state index contributed by atoms with van der Waals surface area (Å²) in [5.74, 6) is 0. The van der Waals surface area contributed by atoms with E-state index in [1.54, 1.807) is 12.1 Å². The van der Waals surface area contributed by atoms with Crippen LogP contribution >= 0.6 is 0 Å². The number of rotatable bonds is 5. The molecule has 0 amide bonds. The predicted molar refractivity (Wildman–Crippen MR) is 79.6 cm³/mol. The van der Waals surface area contributed by atoms with Crippen molar-refractivity contribution in [2.75, 3.05) is 26.2 Å². The quantitative estimate of drug-likeness (QED) is 0.612. The van der Waals surface area contributed by atoms with Crippen molar-refractivity contribution in [2.24, 2.45) is 0 Å². The SMILES string of the molecule is CCC(C#N)N1CCN(Cc2cccc([N+](=O)[O-])c2)CC1. The lowest BCUT2D eigenvalue weighted by Crippen LogP contribution is -2.49. The Morgan fingerprint density at radius 3 is 2.67 bits per heavy atom. The number of nitro benzene ring substituents is 1. The maximum absolute atomic E-state index is 10.8. The molecule has 0 spiro atoms. The summed E-state index contributed by atoms with van der Waals surface area (Å²) in [5, 5.41) is 19.9. The van der Waals surface area contributed by atoms with Crippen LogP contribution in [0.1, 0.15) is 18.9 Å². The molecule has 6 heteroatoms. The zero-order valence-electron chi connectivity index (χ0n) is 12.2. The van der Waals surface area contributed by atoms with Crippen LogP contribution in [-0.4, -0.2) is 46.9 Å². The van der Waals surface area contributed by atoms with Gasteiger partial charge in [-0.2, -0.15) is 5.26 Å². The Morgan fingerprint density at radius 1 is 1.38 bits per heavy atom. The Hall–Kier alpha value is -1.97. The molecule has 1 aliphatic rings. The molecule has 1 aliphatic heterocycles. The van der Waals surface area contributed by atoms with E-state index < -0.39 is 0 Å². The van der Waals surface area contributed by atoms with Crippen molar-refractivity contribution < 1.29 is 4.92 Å². The Balaban J connectivity index is 1.90. The number of nitro groups is 1. The van der Waals surface area contributed by atoms with Gasteiger partial charge in [0.1, 0.15) is 0 Å². The first-order valence-corrected chi connectivity index (χ1v) is 7.23. The van der Waals surface area contributed by atoms with E-state index >= 15 is 0 Å². The summed E-state index contributed by atoms with van der Waals surface area (Å²) in [6.45, 7) is 6.28. The molecule has 112 valence electrons. The molecule has 0 aliphatic carbocycles. The van der Waals surface area contributed by atoms with Crippen molar-refractivity contribution in [3.63, 3.8) is 0 Å². The molecule has 6 nitrogen and oxygen atoms in total. The van der Waals surface area contributed by atoms with Crippen molar-refractivity contribution >= 4 is 5.69 Å². The largest absolute Gasteiger partial charge is 0.297 e. The minimum absolute atomic E-state index is 0.00460. The van der Waals surface area contributed by atoms with Crippen LogP contribution in [0, 0.1) is 21.4 Å². The second-order valence-corrected chi connectivity index (χ2v) is 5.29. The first kappa shape index (κ1) is 15.4. The lowest BCUT2D eigenvalue weighted by Gasteiger charge is -2.36. The first-order valence-electron chi connectivity index (χ1n) is 7.23. The molecule has 0 saturated carbocycles. The first-order chi connectivity index (χ1) is 10.1. The lowest BCUT2D eigenvalue weighted by molar-refractivity contribution is -0.384. The second-order valence-electron chi connectivity index (χ2n) is 5.29. The average molecular weight is 288 g/mol. The highest BCUT2D eigenvalue weighted by Crippen LogP contribution is 2.16. The molecule has 1 unspecified atom stereocenters. The number of piperazine rings is 1. The third-order valence-corrected chi connectivity index (χ3v) is 3.91. The molecule has 0 radical (unpaired) electrons. The van der Waals surface area contributed by atoms with Gasteiger partial charge in [0.05, 0.1) is 17.0 Å². The fourth-order valence-corrected chi connectivity index (χ4v) is 2.69. The maximum Gasteiger partial charge on any atom is 0.269 e. The molecular weight excluding hydrogens is 268 g/mol. The normalized spacial score (nSPS) is 18.1. The van der Waals surface area contributed by atoms with Crippen molar-refractivity contribution in [3.8, 4) is 6.07 Å². The molecular formula is C15H20N4O2. The Kier molecular flexibility index (Phi) is 5.26. The van der Waals surface area contributed by atoms with Gasteiger partial charge in [0.25, 0.3) is 5.69 Å².